The molecule has 0 fully saturated rings. The number of nitro groups is 1. The Morgan fingerprint density at radius 3 is 2.52 bits per heavy atom. The van der Waals surface area contributed by atoms with Crippen LogP contribution in [0.1, 0.15) is 24.3 Å². The summed E-state index contributed by atoms with van der Waals surface area (Å²) in [6.07, 6.45) is 1.59. The zero-order valence-corrected chi connectivity index (χ0v) is 17.9. The topological polar surface area (TPSA) is 103 Å². The number of nitro benzene ring substituents is 1. The van der Waals surface area contributed by atoms with Gasteiger partial charge in [0.25, 0.3) is 11.6 Å². The number of anilines is 2. The van der Waals surface area contributed by atoms with Crippen molar-refractivity contribution in [3.63, 3.8) is 0 Å². The smallest absolute Gasteiger partial charge is 0.276 e. The molecule has 10 heteroatoms. The van der Waals surface area contributed by atoms with Gasteiger partial charge in [-0.25, -0.2) is 4.68 Å². The maximum atomic E-state index is 12.5. The molecular weight excluding hydrogens is 422 g/mol. The van der Waals surface area contributed by atoms with E-state index >= 15 is 0 Å². The van der Waals surface area contributed by atoms with Crippen molar-refractivity contribution in [2.24, 2.45) is 0 Å². The lowest BCUT2D eigenvalue weighted by atomic mass is 10.2. The summed E-state index contributed by atoms with van der Waals surface area (Å²) in [5, 5.41) is 17.9. The molecular formula is C21H22ClN5O4. The Hall–Kier alpha value is -3.59. The van der Waals surface area contributed by atoms with Crippen LogP contribution in [0, 0.1) is 10.1 Å². The number of hydrogen-bond acceptors (Lipinski definition) is 6. The van der Waals surface area contributed by atoms with E-state index in [4.69, 9.17) is 16.3 Å². The third-order valence-electron chi connectivity index (χ3n) is 4.61. The summed E-state index contributed by atoms with van der Waals surface area (Å²) in [7, 11) is 0. The van der Waals surface area contributed by atoms with Crippen LogP contribution >= 0.6 is 11.6 Å². The largest absolute Gasteiger partial charge is 0.470 e. The molecule has 3 rings (SSSR count). The van der Waals surface area contributed by atoms with Gasteiger partial charge in [0.05, 0.1) is 9.95 Å². The lowest BCUT2D eigenvalue weighted by molar-refractivity contribution is -0.384. The number of benzene rings is 2. The molecule has 3 aromatic rings. The van der Waals surface area contributed by atoms with Crippen LogP contribution < -0.4 is 15.0 Å². The number of halogens is 1. The van der Waals surface area contributed by atoms with Gasteiger partial charge in [-0.15, -0.1) is 0 Å². The van der Waals surface area contributed by atoms with E-state index in [2.05, 4.69) is 29.2 Å². The fourth-order valence-electron chi connectivity index (χ4n) is 2.95. The summed E-state index contributed by atoms with van der Waals surface area (Å²) in [5.74, 6) is -0.0650. The summed E-state index contributed by atoms with van der Waals surface area (Å²) in [4.78, 5) is 24.9. The molecule has 0 atom stereocenters. The zero-order valence-electron chi connectivity index (χ0n) is 17.1. The fourth-order valence-corrected chi connectivity index (χ4v) is 3.18. The normalized spacial score (nSPS) is 10.5. The Kier molecular flexibility index (Phi) is 7.09. The van der Waals surface area contributed by atoms with Crippen molar-refractivity contribution in [2.45, 2.75) is 20.6 Å². The van der Waals surface area contributed by atoms with Gasteiger partial charge >= 0.3 is 0 Å². The molecule has 0 spiro atoms. The molecule has 2 aromatic carbocycles. The molecule has 0 aliphatic heterocycles. The van der Waals surface area contributed by atoms with Crippen LogP contribution in [0.5, 0.6) is 5.75 Å². The summed E-state index contributed by atoms with van der Waals surface area (Å²) >= 11 is 6.01. The Labute approximate surface area is 184 Å². The number of carbonyl (C=O) groups is 1. The van der Waals surface area contributed by atoms with E-state index in [0.29, 0.717) is 5.69 Å². The number of nitrogens with one attached hydrogen (secondary N) is 1. The van der Waals surface area contributed by atoms with E-state index in [-0.39, 0.29) is 34.8 Å². The van der Waals surface area contributed by atoms with E-state index in [0.717, 1.165) is 18.8 Å². The standard InChI is InChI=1S/C21H22ClN5O4/c1-3-25(4-2)16-7-5-15(6-8-16)23-21(28)19-11-12-26(24-19)14-31-20-10-9-17(27(29)30)13-18(20)22/h5-13H,3-4,14H2,1-2H3,(H,23,28). The van der Waals surface area contributed by atoms with Gasteiger partial charge < -0.3 is 15.0 Å². The van der Waals surface area contributed by atoms with E-state index in [9.17, 15) is 14.9 Å². The lowest BCUT2D eigenvalue weighted by Crippen LogP contribution is -2.21. The van der Waals surface area contributed by atoms with Crippen LogP contribution in [0.25, 0.3) is 0 Å². The van der Waals surface area contributed by atoms with Gasteiger partial charge in [-0.3, -0.25) is 14.9 Å². The number of hydrogen-bond donors (Lipinski definition) is 1. The third-order valence-corrected chi connectivity index (χ3v) is 4.90. The van der Waals surface area contributed by atoms with Crippen molar-refractivity contribution in [3.8, 4) is 5.75 Å². The second-order valence-electron chi connectivity index (χ2n) is 6.56. The minimum atomic E-state index is -0.536. The zero-order chi connectivity index (χ0) is 22.4. The van der Waals surface area contributed by atoms with E-state index in [1.807, 2.05) is 24.3 Å². The predicted molar refractivity (Wildman–Crippen MR) is 119 cm³/mol. The van der Waals surface area contributed by atoms with Crippen LogP contribution in [-0.4, -0.2) is 33.7 Å². The second-order valence-corrected chi connectivity index (χ2v) is 6.97. The fraction of sp³-hybridized carbons (Fsp3) is 0.238. The van der Waals surface area contributed by atoms with E-state index in [1.165, 1.54) is 22.9 Å². The molecule has 1 amide bonds. The van der Waals surface area contributed by atoms with Crippen molar-refractivity contribution in [2.75, 3.05) is 23.3 Å². The quantitative estimate of drug-likeness (QED) is 0.383. The van der Waals surface area contributed by atoms with E-state index in [1.54, 1.807) is 12.3 Å². The summed E-state index contributed by atoms with van der Waals surface area (Å²) in [5.41, 5.74) is 1.87. The highest BCUT2D eigenvalue weighted by molar-refractivity contribution is 6.32. The highest BCUT2D eigenvalue weighted by Crippen LogP contribution is 2.28. The molecule has 9 nitrogen and oxygen atoms in total. The Morgan fingerprint density at radius 1 is 1.19 bits per heavy atom. The van der Waals surface area contributed by atoms with Gasteiger partial charge in [0.1, 0.15) is 5.75 Å². The minimum Gasteiger partial charge on any atom is -0.470 e. The number of non-ortho nitro benzene ring substituents is 1. The van der Waals surface area contributed by atoms with Gasteiger partial charge in [-0.1, -0.05) is 11.6 Å². The molecule has 0 saturated heterocycles. The third kappa shape index (κ3) is 5.52. The molecule has 0 bridgehead atoms. The van der Waals surface area contributed by atoms with Crippen LogP contribution in [0.3, 0.4) is 0 Å². The van der Waals surface area contributed by atoms with Crippen LogP contribution in [0.2, 0.25) is 5.02 Å². The first-order chi connectivity index (χ1) is 14.9. The van der Waals surface area contributed by atoms with Gasteiger partial charge in [0.2, 0.25) is 0 Å². The maximum Gasteiger partial charge on any atom is 0.276 e. The average Bonchev–Trinajstić information content (AvgIpc) is 3.24. The number of carbonyl (C=O) groups excluding carboxylic acids is 1. The second kappa shape index (κ2) is 9.94. The number of rotatable bonds is 9. The highest BCUT2D eigenvalue weighted by Gasteiger charge is 2.13. The number of aromatic nitrogens is 2. The highest BCUT2D eigenvalue weighted by atomic mass is 35.5. The first-order valence-electron chi connectivity index (χ1n) is 9.67. The SMILES string of the molecule is CCN(CC)c1ccc(NC(=O)c2ccn(COc3ccc([N+](=O)[O-])cc3Cl)n2)cc1. The molecule has 0 unspecified atom stereocenters. The van der Waals surface area contributed by atoms with E-state index < -0.39 is 4.92 Å². The van der Waals surface area contributed by atoms with Crippen molar-refractivity contribution in [1.82, 2.24) is 9.78 Å². The van der Waals surface area contributed by atoms with Gasteiger partial charge in [0, 0.05) is 42.8 Å². The van der Waals surface area contributed by atoms with Crippen LogP contribution in [-0.2, 0) is 6.73 Å². The summed E-state index contributed by atoms with van der Waals surface area (Å²) < 4.78 is 6.96. The van der Waals surface area contributed by atoms with Gasteiger partial charge in [0.15, 0.2) is 12.4 Å². The molecule has 1 N–H and O–H groups in total. The van der Waals surface area contributed by atoms with Crippen molar-refractivity contribution in [1.29, 1.82) is 0 Å². The van der Waals surface area contributed by atoms with Crippen molar-refractivity contribution >= 4 is 34.6 Å². The molecule has 1 heterocycles. The monoisotopic (exact) mass is 443 g/mol. The summed E-state index contributed by atoms with van der Waals surface area (Å²) in [6, 6.07) is 13.1. The molecule has 0 saturated carbocycles. The number of amides is 1. The Morgan fingerprint density at radius 2 is 1.90 bits per heavy atom. The van der Waals surface area contributed by atoms with Gasteiger partial charge in [-0.2, -0.15) is 5.10 Å². The van der Waals surface area contributed by atoms with Crippen molar-refractivity contribution < 1.29 is 14.5 Å². The lowest BCUT2D eigenvalue weighted by Gasteiger charge is -2.21. The van der Waals surface area contributed by atoms with Crippen molar-refractivity contribution in [3.05, 3.63) is 75.6 Å². The minimum absolute atomic E-state index is 0.0105. The molecule has 0 radical (unpaired) electrons. The number of nitrogens with zero attached hydrogens (tertiary/aromatic N) is 4. The maximum absolute atomic E-state index is 12.5. The predicted octanol–water partition coefficient (Wildman–Crippen LogP) is 4.58. The Balaban J connectivity index is 1.59. The van der Waals surface area contributed by atoms with Crippen LogP contribution in [0.4, 0.5) is 17.1 Å². The van der Waals surface area contributed by atoms with Gasteiger partial charge in [-0.05, 0) is 50.2 Å². The number of ether oxygens (including phenoxy) is 1. The van der Waals surface area contributed by atoms with Crippen LogP contribution in [0.15, 0.2) is 54.7 Å². The first kappa shape index (κ1) is 22.1. The first-order valence-corrected chi connectivity index (χ1v) is 10.1. The summed E-state index contributed by atoms with van der Waals surface area (Å²) in [6.45, 7) is 5.99. The molecule has 1 aromatic heterocycles. The molecule has 162 valence electrons. The Bertz CT molecular complexity index is 1060. The average molecular weight is 444 g/mol. The molecule has 31 heavy (non-hydrogen) atoms. The molecule has 0 aliphatic rings. The molecule has 0 aliphatic carbocycles.